The van der Waals surface area contributed by atoms with Crippen LogP contribution < -0.4 is 0 Å². The van der Waals surface area contributed by atoms with Gasteiger partial charge in [0.15, 0.2) is 5.65 Å². The summed E-state index contributed by atoms with van der Waals surface area (Å²) in [6.07, 6.45) is 5.23. The first-order chi connectivity index (χ1) is 9.29. The summed E-state index contributed by atoms with van der Waals surface area (Å²) < 4.78 is 2.04. The fourth-order valence-corrected chi connectivity index (χ4v) is 2.63. The van der Waals surface area contributed by atoms with E-state index in [0.29, 0.717) is 5.92 Å². The molecule has 2 aromatic heterocycles. The second-order valence-electron chi connectivity index (χ2n) is 4.79. The van der Waals surface area contributed by atoms with Crippen LogP contribution in [0.3, 0.4) is 0 Å². The molecule has 2 aromatic rings. The van der Waals surface area contributed by atoms with E-state index >= 15 is 0 Å². The summed E-state index contributed by atoms with van der Waals surface area (Å²) in [5.41, 5.74) is 0.877. The average Bonchev–Trinajstić information content (AvgIpc) is 2.90. The third-order valence-electron chi connectivity index (χ3n) is 3.69. The van der Waals surface area contributed by atoms with Gasteiger partial charge in [0.2, 0.25) is 5.91 Å². The number of pyridine rings is 1. The number of likely N-dealkylation sites (tertiary alicyclic amines) is 1. The Bertz CT molecular complexity index is 611. The molecule has 0 aliphatic carbocycles. The van der Waals surface area contributed by atoms with Gasteiger partial charge in [0.25, 0.3) is 0 Å². The first-order valence-corrected chi connectivity index (χ1v) is 6.50. The Morgan fingerprint density at radius 2 is 2.11 bits per heavy atom. The molecule has 1 aliphatic heterocycles. The van der Waals surface area contributed by atoms with Crippen molar-refractivity contribution in [1.82, 2.24) is 19.5 Å². The van der Waals surface area contributed by atoms with E-state index in [-0.39, 0.29) is 5.91 Å². The van der Waals surface area contributed by atoms with Crippen molar-refractivity contribution < 1.29 is 4.79 Å². The number of nitrogens with zero attached hydrogens (tertiary/aromatic N) is 4. The molecule has 98 valence electrons. The van der Waals surface area contributed by atoms with Crippen LogP contribution in [0.4, 0.5) is 0 Å². The molecule has 0 unspecified atom stereocenters. The Balaban J connectivity index is 1.78. The fraction of sp³-hybridized carbons (Fsp3) is 0.357. The summed E-state index contributed by atoms with van der Waals surface area (Å²) in [6.45, 7) is 5.05. The van der Waals surface area contributed by atoms with Gasteiger partial charge in [0, 0.05) is 25.2 Å². The lowest BCUT2D eigenvalue weighted by molar-refractivity contribution is -0.127. The van der Waals surface area contributed by atoms with Crippen molar-refractivity contribution in [1.29, 1.82) is 0 Å². The molecule has 0 aromatic carbocycles. The van der Waals surface area contributed by atoms with Crippen molar-refractivity contribution in [2.75, 3.05) is 13.1 Å². The molecule has 0 N–H and O–H groups in total. The van der Waals surface area contributed by atoms with Crippen LogP contribution in [0.5, 0.6) is 0 Å². The maximum Gasteiger partial charge on any atom is 0.245 e. The third-order valence-corrected chi connectivity index (χ3v) is 3.69. The van der Waals surface area contributed by atoms with Crippen LogP contribution in [-0.2, 0) is 4.79 Å². The quantitative estimate of drug-likeness (QED) is 0.767. The lowest BCUT2D eigenvalue weighted by Gasteiger charge is -2.30. The zero-order valence-electron chi connectivity index (χ0n) is 10.7. The predicted octanol–water partition coefficient (Wildman–Crippen LogP) is 1.62. The SMILES string of the molecule is C=CC(=O)N1CCC(c2nnc3ccccn23)CC1. The van der Waals surface area contributed by atoms with E-state index in [1.807, 2.05) is 33.7 Å². The topological polar surface area (TPSA) is 50.5 Å². The van der Waals surface area contributed by atoms with Crippen LogP contribution in [0, 0.1) is 0 Å². The minimum Gasteiger partial charge on any atom is -0.339 e. The molecule has 0 bridgehead atoms. The molecule has 1 fully saturated rings. The maximum absolute atomic E-state index is 11.5. The van der Waals surface area contributed by atoms with Crippen LogP contribution >= 0.6 is 0 Å². The smallest absolute Gasteiger partial charge is 0.245 e. The Kier molecular flexibility index (Phi) is 3.03. The molecule has 1 amide bonds. The highest BCUT2D eigenvalue weighted by Gasteiger charge is 2.25. The molecule has 3 heterocycles. The second kappa shape index (κ2) is 4.84. The average molecular weight is 256 g/mol. The van der Waals surface area contributed by atoms with Crippen LogP contribution in [0.2, 0.25) is 0 Å². The molecular weight excluding hydrogens is 240 g/mol. The molecule has 0 radical (unpaired) electrons. The molecule has 19 heavy (non-hydrogen) atoms. The van der Waals surface area contributed by atoms with Crippen molar-refractivity contribution in [3.05, 3.63) is 42.9 Å². The number of hydrogen-bond donors (Lipinski definition) is 0. The molecule has 0 atom stereocenters. The minimum atomic E-state index is 0.0181. The lowest BCUT2D eigenvalue weighted by Crippen LogP contribution is -2.37. The first-order valence-electron chi connectivity index (χ1n) is 6.50. The van der Waals surface area contributed by atoms with Crippen LogP contribution in [0.15, 0.2) is 37.1 Å². The van der Waals surface area contributed by atoms with E-state index in [9.17, 15) is 4.79 Å². The number of rotatable bonds is 2. The van der Waals surface area contributed by atoms with Gasteiger partial charge in [0.05, 0.1) is 0 Å². The number of aromatic nitrogens is 3. The molecule has 3 rings (SSSR count). The third kappa shape index (κ3) is 2.12. The minimum absolute atomic E-state index is 0.0181. The van der Waals surface area contributed by atoms with Gasteiger partial charge < -0.3 is 4.90 Å². The summed E-state index contributed by atoms with van der Waals surface area (Å²) in [5, 5.41) is 8.48. The van der Waals surface area contributed by atoms with E-state index in [2.05, 4.69) is 16.8 Å². The second-order valence-corrected chi connectivity index (χ2v) is 4.79. The molecule has 5 nitrogen and oxygen atoms in total. The number of carbonyl (C=O) groups is 1. The van der Waals surface area contributed by atoms with Gasteiger partial charge in [-0.2, -0.15) is 0 Å². The zero-order chi connectivity index (χ0) is 13.2. The highest BCUT2D eigenvalue weighted by molar-refractivity contribution is 5.87. The monoisotopic (exact) mass is 256 g/mol. The largest absolute Gasteiger partial charge is 0.339 e. The molecule has 0 saturated carbocycles. The van der Waals surface area contributed by atoms with Crippen molar-refractivity contribution in [2.24, 2.45) is 0 Å². The molecule has 0 spiro atoms. The van der Waals surface area contributed by atoms with Crippen molar-refractivity contribution >= 4 is 11.6 Å². The van der Waals surface area contributed by atoms with Crippen molar-refractivity contribution in [3.8, 4) is 0 Å². The van der Waals surface area contributed by atoms with Crippen LogP contribution in [0.1, 0.15) is 24.6 Å². The summed E-state index contributed by atoms with van der Waals surface area (Å²) in [7, 11) is 0. The van der Waals surface area contributed by atoms with E-state index in [4.69, 9.17) is 0 Å². The molecular formula is C14H16N4O. The number of hydrogen-bond acceptors (Lipinski definition) is 3. The summed E-state index contributed by atoms with van der Waals surface area (Å²) in [5.74, 6) is 1.39. The Hall–Kier alpha value is -2.17. The van der Waals surface area contributed by atoms with Gasteiger partial charge in [0.1, 0.15) is 5.82 Å². The summed E-state index contributed by atoms with van der Waals surface area (Å²) >= 11 is 0. The van der Waals surface area contributed by atoms with Gasteiger partial charge in [-0.15, -0.1) is 10.2 Å². The highest BCUT2D eigenvalue weighted by Crippen LogP contribution is 2.27. The van der Waals surface area contributed by atoms with Gasteiger partial charge >= 0.3 is 0 Å². The number of amides is 1. The molecule has 1 saturated heterocycles. The fourth-order valence-electron chi connectivity index (χ4n) is 2.63. The summed E-state index contributed by atoms with van der Waals surface area (Å²) in [6, 6.07) is 5.89. The van der Waals surface area contributed by atoms with Crippen molar-refractivity contribution in [2.45, 2.75) is 18.8 Å². The van der Waals surface area contributed by atoms with Crippen LogP contribution in [-0.4, -0.2) is 38.5 Å². The normalized spacial score (nSPS) is 16.7. The Morgan fingerprint density at radius 1 is 1.32 bits per heavy atom. The first kappa shape index (κ1) is 11.9. The molecule has 5 heteroatoms. The highest BCUT2D eigenvalue weighted by atomic mass is 16.2. The number of piperidine rings is 1. The van der Waals surface area contributed by atoms with E-state index in [1.165, 1.54) is 6.08 Å². The van der Waals surface area contributed by atoms with Gasteiger partial charge in [-0.25, -0.2) is 0 Å². The lowest BCUT2D eigenvalue weighted by atomic mass is 9.96. The van der Waals surface area contributed by atoms with Gasteiger partial charge in [-0.3, -0.25) is 9.20 Å². The molecule has 1 aliphatic rings. The number of fused-ring (bicyclic) bond motifs is 1. The van der Waals surface area contributed by atoms with E-state index in [0.717, 1.165) is 37.4 Å². The number of carbonyl (C=O) groups excluding carboxylic acids is 1. The summed E-state index contributed by atoms with van der Waals surface area (Å²) in [4.78, 5) is 13.4. The maximum atomic E-state index is 11.5. The van der Waals surface area contributed by atoms with Gasteiger partial charge in [-0.1, -0.05) is 12.6 Å². The predicted molar refractivity (Wildman–Crippen MR) is 71.7 cm³/mol. The Morgan fingerprint density at radius 3 is 2.84 bits per heavy atom. The standard InChI is InChI=1S/C14H16N4O/c1-2-13(19)17-9-6-11(7-10-17)14-16-15-12-5-3-4-8-18(12)14/h2-5,8,11H,1,6-7,9-10H2. The van der Waals surface area contributed by atoms with Crippen molar-refractivity contribution in [3.63, 3.8) is 0 Å². The Labute approximate surface area is 111 Å². The van der Waals surface area contributed by atoms with E-state index in [1.54, 1.807) is 0 Å². The van der Waals surface area contributed by atoms with Crippen LogP contribution in [0.25, 0.3) is 5.65 Å². The zero-order valence-corrected chi connectivity index (χ0v) is 10.7. The van der Waals surface area contributed by atoms with Gasteiger partial charge in [-0.05, 0) is 31.1 Å². The van der Waals surface area contributed by atoms with E-state index < -0.39 is 0 Å².